The van der Waals surface area contributed by atoms with Crippen LogP contribution in [0.4, 0.5) is 0 Å². The molecule has 29 heavy (non-hydrogen) atoms. The SMILES string of the molecule is CCOC(=O)CNC(=O)c1c(O)c2cccc(-c3cccnc3)c2c2ncnn12. The van der Waals surface area contributed by atoms with E-state index in [1.165, 1.54) is 10.8 Å². The average molecular weight is 391 g/mol. The summed E-state index contributed by atoms with van der Waals surface area (Å²) in [7, 11) is 0. The maximum Gasteiger partial charge on any atom is 0.325 e. The van der Waals surface area contributed by atoms with E-state index in [1.54, 1.807) is 31.5 Å². The van der Waals surface area contributed by atoms with Crippen LogP contribution < -0.4 is 5.32 Å². The smallest absolute Gasteiger partial charge is 0.325 e. The second-order valence-corrected chi connectivity index (χ2v) is 6.15. The second kappa shape index (κ2) is 7.55. The Morgan fingerprint density at radius 1 is 1.24 bits per heavy atom. The lowest BCUT2D eigenvalue weighted by Crippen LogP contribution is -2.32. The van der Waals surface area contributed by atoms with Gasteiger partial charge in [0.1, 0.15) is 12.9 Å². The number of pyridine rings is 2. The Balaban J connectivity index is 1.88. The van der Waals surface area contributed by atoms with Crippen LogP contribution in [0.25, 0.3) is 27.5 Å². The van der Waals surface area contributed by atoms with Crippen molar-refractivity contribution in [1.82, 2.24) is 24.9 Å². The Bertz CT molecular complexity index is 1220. The number of benzene rings is 1. The monoisotopic (exact) mass is 391 g/mol. The van der Waals surface area contributed by atoms with E-state index in [9.17, 15) is 14.7 Å². The zero-order chi connectivity index (χ0) is 20.4. The molecule has 4 aromatic rings. The number of ether oxygens (including phenoxy) is 1. The minimum absolute atomic E-state index is 0.113. The Hall–Kier alpha value is -4.01. The van der Waals surface area contributed by atoms with Crippen LogP contribution in [0.15, 0.2) is 49.1 Å². The molecular formula is C20H17N5O4. The quantitative estimate of drug-likeness (QED) is 0.499. The van der Waals surface area contributed by atoms with E-state index in [0.717, 1.165) is 11.1 Å². The van der Waals surface area contributed by atoms with Crippen LogP contribution in [0.2, 0.25) is 0 Å². The molecule has 0 saturated heterocycles. The minimum atomic E-state index is -0.667. The highest BCUT2D eigenvalue weighted by Gasteiger charge is 2.23. The summed E-state index contributed by atoms with van der Waals surface area (Å²) >= 11 is 0. The normalized spacial score (nSPS) is 10.9. The van der Waals surface area contributed by atoms with Gasteiger partial charge in [0.2, 0.25) is 0 Å². The number of hydrogen-bond donors (Lipinski definition) is 2. The standard InChI is InChI=1S/C20H17N5O4/c1-2-29-15(26)10-22-20(28)17-18(27)14-7-3-6-13(12-5-4-8-21-9-12)16(14)19-23-11-24-25(17)19/h3-9,11,27H,2,10H2,1H3,(H,22,28). The van der Waals surface area contributed by atoms with Crippen LogP contribution in [-0.4, -0.2) is 49.7 Å². The van der Waals surface area contributed by atoms with Crippen LogP contribution in [0.5, 0.6) is 5.75 Å². The minimum Gasteiger partial charge on any atom is -0.505 e. The molecule has 1 aromatic carbocycles. The molecule has 0 saturated carbocycles. The van der Waals surface area contributed by atoms with Gasteiger partial charge in [0.05, 0.1) is 6.61 Å². The molecule has 9 heteroatoms. The molecule has 0 aliphatic carbocycles. The second-order valence-electron chi connectivity index (χ2n) is 6.15. The van der Waals surface area contributed by atoms with Crippen molar-refractivity contribution >= 4 is 28.3 Å². The third kappa shape index (κ3) is 3.22. The molecule has 0 radical (unpaired) electrons. The Morgan fingerprint density at radius 2 is 2.10 bits per heavy atom. The first-order chi connectivity index (χ1) is 14.1. The summed E-state index contributed by atoms with van der Waals surface area (Å²) in [5.74, 6) is -1.50. The average Bonchev–Trinajstić information content (AvgIpc) is 3.22. The maximum absolute atomic E-state index is 12.7. The molecule has 146 valence electrons. The van der Waals surface area contributed by atoms with Crippen LogP contribution in [0.3, 0.4) is 0 Å². The number of fused-ring (bicyclic) bond motifs is 3. The summed E-state index contributed by atoms with van der Waals surface area (Å²) in [6, 6.07) is 9.06. The molecule has 3 heterocycles. The number of aromatic nitrogens is 4. The first-order valence-electron chi connectivity index (χ1n) is 8.93. The van der Waals surface area contributed by atoms with Gasteiger partial charge < -0.3 is 15.2 Å². The van der Waals surface area contributed by atoms with E-state index < -0.39 is 11.9 Å². The van der Waals surface area contributed by atoms with Crippen molar-refractivity contribution in [3.63, 3.8) is 0 Å². The number of aromatic hydroxyl groups is 1. The molecule has 0 aliphatic heterocycles. The molecule has 4 rings (SSSR count). The highest BCUT2D eigenvalue weighted by Crippen LogP contribution is 2.37. The highest BCUT2D eigenvalue weighted by molar-refractivity contribution is 6.12. The summed E-state index contributed by atoms with van der Waals surface area (Å²) in [4.78, 5) is 32.7. The largest absolute Gasteiger partial charge is 0.505 e. The lowest BCUT2D eigenvalue weighted by atomic mass is 9.99. The van der Waals surface area contributed by atoms with E-state index in [1.807, 2.05) is 18.2 Å². The van der Waals surface area contributed by atoms with Gasteiger partial charge in [-0.1, -0.05) is 24.3 Å². The van der Waals surface area contributed by atoms with E-state index in [0.29, 0.717) is 16.4 Å². The van der Waals surface area contributed by atoms with Gasteiger partial charge in [-0.05, 0) is 18.6 Å². The molecule has 9 nitrogen and oxygen atoms in total. The third-order valence-corrected chi connectivity index (χ3v) is 4.41. The number of esters is 1. The Labute approximate surface area is 165 Å². The van der Waals surface area contributed by atoms with Gasteiger partial charge in [0, 0.05) is 28.7 Å². The van der Waals surface area contributed by atoms with Crippen molar-refractivity contribution < 1.29 is 19.4 Å². The Morgan fingerprint density at radius 3 is 2.86 bits per heavy atom. The number of carbonyl (C=O) groups excluding carboxylic acids is 2. The van der Waals surface area contributed by atoms with Crippen LogP contribution in [0, 0.1) is 0 Å². The predicted octanol–water partition coefficient (Wildman–Crippen LogP) is 1.94. The van der Waals surface area contributed by atoms with Crippen molar-refractivity contribution in [1.29, 1.82) is 0 Å². The number of nitrogens with one attached hydrogen (secondary N) is 1. The van der Waals surface area contributed by atoms with E-state index in [2.05, 4.69) is 20.4 Å². The van der Waals surface area contributed by atoms with Crippen molar-refractivity contribution in [3.8, 4) is 16.9 Å². The number of hydrogen-bond acceptors (Lipinski definition) is 7. The molecule has 0 fully saturated rings. The number of amides is 1. The highest BCUT2D eigenvalue weighted by atomic mass is 16.5. The lowest BCUT2D eigenvalue weighted by Gasteiger charge is -2.13. The van der Waals surface area contributed by atoms with Crippen LogP contribution in [-0.2, 0) is 9.53 Å². The van der Waals surface area contributed by atoms with Gasteiger partial charge in [-0.25, -0.2) is 9.50 Å². The lowest BCUT2D eigenvalue weighted by molar-refractivity contribution is -0.141. The summed E-state index contributed by atoms with van der Waals surface area (Å²) in [6.45, 7) is 1.56. The summed E-state index contributed by atoms with van der Waals surface area (Å²) in [6.07, 6.45) is 4.68. The Kier molecular flexibility index (Phi) is 4.78. The molecule has 3 aromatic heterocycles. The molecule has 1 amide bonds. The topological polar surface area (TPSA) is 119 Å². The fourth-order valence-corrected chi connectivity index (χ4v) is 3.21. The number of nitrogens with zero attached hydrogens (tertiary/aromatic N) is 4. The zero-order valence-corrected chi connectivity index (χ0v) is 15.5. The third-order valence-electron chi connectivity index (χ3n) is 4.41. The van der Waals surface area contributed by atoms with Gasteiger partial charge in [-0.3, -0.25) is 14.6 Å². The summed E-state index contributed by atoms with van der Waals surface area (Å²) in [5, 5.41) is 18.5. The molecule has 2 N–H and O–H groups in total. The first-order valence-corrected chi connectivity index (χ1v) is 8.93. The van der Waals surface area contributed by atoms with Gasteiger partial charge in [0.25, 0.3) is 5.91 Å². The van der Waals surface area contributed by atoms with Gasteiger partial charge in [-0.2, -0.15) is 5.10 Å². The zero-order valence-electron chi connectivity index (χ0n) is 15.5. The van der Waals surface area contributed by atoms with Crippen molar-refractivity contribution in [3.05, 3.63) is 54.7 Å². The van der Waals surface area contributed by atoms with Crippen molar-refractivity contribution in [2.24, 2.45) is 0 Å². The molecule has 0 aliphatic rings. The molecular weight excluding hydrogens is 374 g/mol. The first kappa shape index (κ1) is 18.4. The molecule has 0 atom stereocenters. The maximum atomic E-state index is 12.7. The fraction of sp³-hybridized carbons (Fsp3) is 0.150. The van der Waals surface area contributed by atoms with Crippen LogP contribution >= 0.6 is 0 Å². The van der Waals surface area contributed by atoms with Gasteiger partial charge in [0.15, 0.2) is 17.1 Å². The van der Waals surface area contributed by atoms with Crippen LogP contribution in [0.1, 0.15) is 17.4 Å². The van der Waals surface area contributed by atoms with Crippen molar-refractivity contribution in [2.45, 2.75) is 6.92 Å². The van der Waals surface area contributed by atoms with Gasteiger partial charge in [-0.15, -0.1) is 0 Å². The number of carbonyl (C=O) groups is 2. The molecule has 0 unspecified atom stereocenters. The summed E-state index contributed by atoms with van der Waals surface area (Å²) in [5.41, 5.74) is 1.92. The van der Waals surface area contributed by atoms with E-state index in [4.69, 9.17) is 4.74 Å². The van der Waals surface area contributed by atoms with Crippen molar-refractivity contribution in [2.75, 3.05) is 13.2 Å². The molecule has 0 spiro atoms. The van der Waals surface area contributed by atoms with E-state index in [-0.39, 0.29) is 24.6 Å². The predicted molar refractivity (Wildman–Crippen MR) is 104 cm³/mol. The number of rotatable bonds is 5. The molecule has 0 bridgehead atoms. The van der Waals surface area contributed by atoms with Gasteiger partial charge >= 0.3 is 5.97 Å². The van der Waals surface area contributed by atoms with E-state index >= 15 is 0 Å². The fourth-order valence-electron chi connectivity index (χ4n) is 3.21. The summed E-state index contributed by atoms with van der Waals surface area (Å²) < 4.78 is 6.07.